The van der Waals surface area contributed by atoms with E-state index in [0.29, 0.717) is 17.9 Å². The summed E-state index contributed by atoms with van der Waals surface area (Å²) in [6.07, 6.45) is 4.07. The first-order valence-corrected chi connectivity index (χ1v) is 12.5. The molecular formula is C23H31N3O5S. The van der Waals surface area contributed by atoms with Crippen LogP contribution in [0.2, 0.25) is 0 Å². The molecule has 1 aromatic carbocycles. The molecule has 0 fully saturated rings. The molecule has 3 rings (SSSR count). The molecule has 0 spiro atoms. The van der Waals surface area contributed by atoms with Crippen LogP contribution in [0, 0.1) is 13.8 Å². The second-order valence-corrected chi connectivity index (χ2v) is 9.57. The van der Waals surface area contributed by atoms with Crippen LogP contribution in [0.15, 0.2) is 23.1 Å². The molecule has 9 heteroatoms. The molecule has 1 aliphatic carbocycles. The number of nitrogens with one attached hydrogen (secondary N) is 2. The molecule has 0 radical (unpaired) electrons. The van der Waals surface area contributed by atoms with E-state index in [1.165, 1.54) is 5.56 Å². The fraction of sp³-hybridized carbons (Fsp3) is 0.478. The first-order chi connectivity index (χ1) is 15.2. The van der Waals surface area contributed by atoms with Gasteiger partial charge in [-0.15, -0.1) is 0 Å². The Labute approximate surface area is 189 Å². The molecule has 174 valence electrons. The van der Waals surface area contributed by atoms with Crippen LogP contribution in [-0.2, 0) is 38.9 Å². The van der Waals surface area contributed by atoms with E-state index in [1.807, 2.05) is 19.1 Å². The molecule has 1 heterocycles. The Balaban J connectivity index is 1.81. The lowest BCUT2D eigenvalue weighted by Gasteiger charge is -2.19. The van der Waals surface area contributed by atoms with Crippen molar-refractivity contribution in [2.75, 3.05) is 18.5 Å². The molecule has 1 aliphatic rings. The number of aryl methyl sites for hydroxylation is 1. The molecule has 2 aromatic rings. The Hall–Kier alpha value is -2.65. The lowest BCUT2D eigenvalue weighted by Crippen LogP contribution is -2.34. The van der Waals surface area contributed by atoms with Crippen molar-refractivity contribution in [3.8, 4) is 0 Å². The van der Waals surface area contributed by atoms with Crippen LogP contribution in [0.25, 0.3) is 0 Å². The average Bonchev–Trinajstić information content (AvgIpc) is 3.03. The van der Waals surface area contributed by atoms with Gasteiger partial charge in [0, 0.05) is 23.6 Å². The summed E-state index contributed by atoms with van der Waals surface area (Å²) in [6.45, 7) is 7.05. The number of carbonyl (C=O) groups is 2. The van der Waals surface area contributed by atoms with Gasteiger partial charge in [0.15, 0.2) is 0 Å². The van der Waals surface area contributed by atoms with Gasteiger partial charge >= 0.3 is 5.97 Å². The molecule has 1 aromatic heterocycles. The summed E-state index contributed by atoms with van der Waals surface area (Å²) in [6, 6.07) is 5.80. The number of hydrogen-bond donors (Lipinski definition) is 2. The molecule has 0 atom stereocenters. The Morgan fingerprint density at radius 1 is 1.09 bits per heavy atom. The summed E-state index contributed by atoms with van der Waals surface area (Å²) in [5.74, 6) is -1.16. The first-order valence-electron chi connectivity index (χ1n) is 11.0. The van der Waals surface area contributed by atoms with Crippen molar-refractivity contribution >= 4 is 27.6 Å². The van der Waals surface area contributed by atoms with Crippen molar-refractivity contribution < 1.29 is 22.7 Å². The molecule has 0 saturated carbocycles. The zero-order valence-electron chi connectivity index (χ0n) is 19.1. The van der Waals surface area contributed by atoms with E-state index < -0.39 is 28.4 Å². The topological polar surface area (TPSA) is 106 Å². The number of nitrogens with zero attached hydrogens (tertiary/aromatic N) is 1. The minimum atomic E-state index is -4.13. The molecule has 0 saturated heterocycles. The summed E-state index contributed by atoms with van der Waals surface area (Å²) in [5.41, 5.74) is 4.02. The smallest absolute Gasteiger partial charge is 0.341 e. The van der Waals surface area contributed by atoms with Crippen LogP contribution >= 0.6 is 0 Å². The molecule has 2 N–H and O–H groups in total. The third kappa shape index (κ3) is 4.73. The predicted octanol–water partition coefficient (Wildman–Crippen LogP) is 3.10. The zero-order chi connectivity index (χ0) is 23.5. The summed E-state index contributed by atoms with van der Waals surface area (Å²) in [5, 5.41) is 2.83. The highest BCUT2D eigenvalue weighted by molar-refractivity contribution is 7.89. The van der Waals surface area contributed by atoms with E-state index in [4.69, 9.17) is 4.74 Å². The predicted molar refractivity (Wildman–Crippen MR) is 122 cm³/mol. The Bertz CT molecular complexity index is 1130. The fourth-order valence-corrected chi connectivity index (χ4v) is 5.89. The molecule has 0 unspecified atom stereocenters. The van der Waals surface area contributed by atoms with Gasteiger partial charge in [-0.1, -0.05) is 12.1 Å². The number of rotatable bonds is 8. The molecule has 0 bridgehead atoms. The summed E-state index contributed by atoms with van der Waals surface area (Å²) in [7, 11) is -4.13. The number of anilines is 1. The van der Waals surface area contributed by atoms with Gasteiger partial charge < -0.3 is 14.6 Å². The number of benzene rings is 1. The summed E-state index contributed by atoms with van der Waals surface area (Å²) >= 11 is 0. The second kappa shape index (κ2) is 9.87. The van der Waals surface area contributed by atoms with E-state index in [-0.39, 0.29) is 17.1 Å². The Kier molecular flexibility index (Phi) is 7.40. The monoisotopic (exact) mass is 461 g/mol. The Morgan fingerprint density at radius 2 is 1.81 bits per heavy atom. The van der Waals surface area contributed by atoms with Gasteiger partial charge in [-0.25, -0.2) is 17.9 Å². The highest BCUT2D eigenvalue weighted by Crippen LogP contribution is 2.29. The molecule has 32 heavy (non-hydrogen) atoms. The lowest BCUT2D eigenvalue weighted by molar-refractivity contribution is -0.115. The molecule has 0 aliphatic heterocycles. The van der Waals surface area contributed by atoms with E-state index >= 15 is 0 Å². The maximum Gasteiger partial charge on any atom is 0.341 e. The SMILES string of the molecule is CCOC(=O)c1c(S(=O)(=O)NCC(=O)Nc2cccc3c2CCCC3)c(C)n(CC)c1C. The van der Waals surface area contributed by atoms with Crippen LogP contribution in [0.3, 0.4) is 0 Å². The number of carbonyl (C=O) groups excluding carboxylic acids is 2. The van der Waals surface area contributed by atoms with Crippen molar-refractivity contribution in [2.45, 2.75) is 64.8 Å². The van der Waals surface area contributed by atoms with Crippen LogP contribution in [0.4, 0.5) is 5.69 Å². The van der Waals surface area contributed by atoms with Crippen LogP contribution in [0.1, 0.15) is 59.6 Å². The molecule has 8 nitrogen and oxygen atoms in total. The molecule has 1 amide bonds. The van der Waals surface area contributed by atoms with Crippen LogP contribution in [0.5, 0.6) is 0 Å². The van der Waals surface area contributed by atoms with Gasteiger partial charge in [0.2, 0.25) is 15.9 Å². The van der Waals surface area contributed by atoms with Gasteiger partial charge in [0.25, 0.3) is 0 Å². The standard InChI is InChI=1S/C23H31N3O5S/c1-5-26-15(3)21(23(28)31-6-2)22(16(26)4)32(29,30)24-14-20(27)25-19-13-9-11-17-10-7-8-12-18(17)19/h9,11,13,24H,5-8,10,12,14H2,1-4H3,(H,25,27). The van der Waals surface area contributed by atoms with Crippen molar-refractivity contribution in [1.29, 1.82) is 0 Å². The third-order valence-corrected chi connectivity index (χ3v) is 7.45. The van der Waals surface area contributed by atoms with E-state index in [2.05, 4.69) is 16.1 Å². The number of fused-ring (bicyclic) bond motifs is 1. The van der Waals surface area contributed by atoms with Crippen molar-refractivity contribution in [1.82, 2.24) is 9.29 Å². The number of esters is 1. The number of sulfonamides is 1. The van der Waals surface area contributed by atoms with Crippen molar-refractivity contribution in [3.63, 3.8) is 0 Å². The zero-order valence-corrected chi connectivity index (χ0v) is 19.9. The highest BCUT2D eigenvalue weighted by Gasteiger charge is 2.32. The maximum atomic E-state index is 13.1. The minimum absolute atomic E-state index is 0.0104. The number of amides is 1. The third-order valence-electron chi connectivity index (χ3n) is 5.88. The summed E-state index contributed by atoms with van der Waals surface area (Å²) in [4.78, 5) is 25.0. The average molecular weight is 462 g/mol. The van der Waals surface area contributed by atoms with Crippen LogP contribution < -0.4 is 10.0 Å². The van der Waals surface area contributed by atoms with E-state index in [1.54, 1.807) is 25.3 Å². The quantitative estimate of drug-likeness (QED) is 0.588. The second-order valence-electron chi connectivity index (χ2n) is 7.86. The lowest BCUT2D eigenvalue weighted by atomic mass is 9.90. The van der Waals surface area contributed by atoms with Gasteiger partial charge in [0.1, 0.15) is 10.5 Å². The van der Waals surface area contributed by atoms with Crippen molar-refractivity contribution in [3.05, 3.63) is 46.3 Å². The fourth-order valence-electron chi connectivity index (χ4n) is 4.43. The van der Waals surface area contributed by atoms with Gasteiger partial charge in [-0.2, -0.15) is 0 Å². The van der Waals surface area contributed by atoms with Gasteiger partial charge in [-0.05, 0) is 70.6 Å². The maximum absolute atomic E-state index is 13.1. The number of ether oxygens (including phenoxy) is 1. The summed E-state index contributed by atoms with van der Waals surface area (Å²) < 4.78 is 35.5. The largest absolute Gasteiger partial charge is 0.462 e. The van der Waals surface area contributed by atoms with E-state index in [0.717, 1.165) is 36.9 Å². The number of hydrogen-bond acceptors (Lipinski definition) is 5. The molecular weight excluding hydrogens is 430 g/mol. The highest BCUT2D eigenvalue weighted by atomic mass is 32.2. The van der Waals surface area contributed by atoms with Gasteiger partial charge in [0.05, 0.1) is 13.2 Å². The first kappa shape index (κ1) is 24.0. The Morgan fingerprint density at radius 3 is 2.50 bits per heavy atom. The van der Waals surface area contributed by atoms with Crippen LogP contribution in [-0.4, -0.2) is 38.0 Å². The van der Waals surface area contributed by atoms with Gasteiger partial charge in [-0.3, -0.25) is 4.79 Å². The number of aromatic nitrogens is 1. The van der Waals surface area contributed by atoms with E-state index in [9.17, 15) is 18.0 Å². The normalized spacial score (nSPS) is 13.5. The minimum Gasteiger partial charge on any atom is -0.462 e. The van der Waals surface area contributed by atoms with Crippen molar-refractivity contribution in [2.24, 2.45) is 0 Å².